The van der Waals surface area contributed by atoms with Crippen LogP contribution in [0.5, 0.6) is 17.4 Å². The summed E-state index contributed by atoms with van der Waals surface area (Å²) in [5.41, 5.74) is 10.8. The van der Waals surface area contributed by atoms with E-state index in [9.17, 15) is 22.8 Å². The molecule has 7 heterocycles. The third-order valence-electron chi connectivity index (χ3n) is 9.25. The first-order valence-electron chi connectivity index (χ1n) is 19.9. The van der Waals surface area contributed by atoms with Crippen LogP contribution in [0, 0.1) is 12.3 Å². The van der Waals surface area contributed by atoms with Gasteiger partial charge in [-0.3, -0.25) is 25.0 Å². The first-order chi connectivity index (χ1) is 31.8. The molecule has 0 aliphatic carbocycles. The van der Waals surface area contributed by atoms with Crippen LogP contribution < -0.4 is 14.2 Å². The van der Waals surface area contributed by atoms with E-state index in [1.54, 1.807) is 65.3 Å². The topological polar surface area (TPSA) is 183 Å². The van der Waals surface area contributed by atoms with Crippen molar-refractivity contribution in [1.29, 1.82) is 5.41 Å². The Morgan fingerprint density at radius 2 is 1.45 bits per heavy atom. The van der Waals surface area contributed by atoms with E-state index in [2.05, 4.69) is 76.3 Å². The third kappa shape index (κ3) is 15.5. The molecule has 0 aromatic carbocycles. The number of aromatic nitrogens is 4. The van der Waals surface area contributed by atoms with Gasteiger partial charge < -0.3 is 25.4 Å². The van der Waals surface area contributed by atoms with Crippen molar-refractivity contribution in [3.63, 3.8) is 0 Å². The molecule has 7 aromatic rings. The Kier molecular flexibility index (Phi) is 21.0. The first-order valence-corrected chi connectivity index (χ1v) is 22.8. The number of isothiocyanates is 1. The van der Waals surface area contributed by atoms with Gasteiger partial charge in [0.2, 0.25) is 5.88 Å². The van der Waals surface area contributed by atoms with Gasteiger partial charge in [-0.05, 0) is 103 Å². The van der Waals surface area contributed by atoms with Gasteiger partial charge in [0.15, 0.2) is 0 Å². The van der Waals surface area contributed by atoms with Gasteiger partial charge in [0, 0.05) is 61.0 Å². The second kappa shape index (κ2) is 26.3. The quantitative estimate of drug-likeness (QED) is 0.0303. The summed E-state index contributed by atoms with van der Waals surface area (Å²) in [7, 11) is 1.42. The SMILES string of the molecule is CCCCCCc1ccsc1-c1cc(OC)nc(/C([NH-])=C/C(=N)C(F)(F)F)c1.Cc1ccc(-c2ccc(-c3ccnc(-c4cc(OC=O)cc(-c5cc(OC=O)ccn5)n4)c3)s2)s1.[N-]=C=S.[Ru+2]. The van der Waals surface area contributed by atoms with E-state index in [1.165, 1.54) is 56.4 Å². The zero-order valence-electron chi connectivity index (χ0n) is 35.9. The zero-order valence-corrected chi connectivity index (χ0v) is 40.9. The van der Waals surface area contributed by atoms with Crippen LogP contribution in [-0.2, 0) is 35.5 Å². The van der Waals surface area contributed by atoms with Gasteiger partial charge in [-0.25, -0.2) is 9.97 Å². The Balaban J connectivity index is 0.000000279. The number of hydrogen-bond acceptors (Lipinski definition) is 14. The van der Waals surface area contributed by atoms with Crippen LogP contribution >= 0.6 is 46.2 Å². The fourth-order valence-corrected chi connectivity index (χ4v) is 9.10. The molecule has 67 heavy (non-hydrogen) atoms. The van der Waals surface area contributed by atoms with Crippen molar-refractivity contribution in [2.45, 2.75) is 52.1 Å². The minimum atomic E-state index is -4.80. The number of unbranched alkanes of at least 4 members (excludes halogenated alkanes) is 3. The minimum absolute atomic E-state index is 0. The number of nitrogens with zero attached hydrogens (tertiary/aromatic N) is 5. The van der Waals surface area contributed by atoms with Gasteiger partial charge in [0.05, 0.1) is 35.6 Å². The number of nitrogens with one attached hydrogen (secondary N) is 2. The molecule has 0 fully saturated rings. The summed E-state index contributed by atoms with van der Waals surface area (Å²) >= 11 is 8.72. The average Bonchev–Trinajstić information content (AvgIpc) is 4.10. The van der Waals surface area contributed by atoms with E-state index in [4.69, 9.17) is 30.8 Å². The Morgan fingerprint density at radius 3 is 2.09 bits per heavy atom. The molecule has 0 aliphatic heterocycles. The van der Waals surface area contributed by atoms with Crippen LogP contribution in [0.1, 0.15) is 48.7 Å². The van der Waals surface area contributed by atoms with Gasteiger partial charge in [0.1, 0.15) is 17.2 Å². The molecule has 0 saturated carbocycles. The molecular weight excluding hydrogens is 1030 g/mol. The molecule has 0 amide bonds. The molecule has 0 atom stereocenters. The molecule has 20 heteroatoms. The number of rotatable bonds is 17. The molecule has 0 spiro atoms. The average molecular weight is 1070 g/mol. The predicted molar refractivity (Wildman–Crippen MR) is 259 cm³/mol. The van der Waals surface area contributed by atoms with Gasteiger partial charge in [-0.15, -0.1) is 39.7 Å². The molecule has 12 nitrogen and oxygen atoms in total. The summed E-state index contributed by atoms with van der Waals surface area (Å²) in [4.78, 5) is 45.1. The number of alkyl halides is 3. The Hall–Kier alpha value is -6.14. The third-order valence-corrected chi connectivity index (χ3v) is 12.6. The monoisotopic (exact) mass is 1070 g/mol. The Morgan fingerprint density at radius 1 is 0.821 bits per heavy atom. The van der Waals surface area contributed by atoms with Crippen LogP contribution in [0.25, 0.3) is 70.3 Å². The summed E-state index contributed by atoms with van der Waals surface area (Å²) in [5, 5.41) is 17.5. The van der Waals surface area contributed by atoms with E-state index >= 15 is 0 Å². The number of methoxy groups -OCH3 is 1. The van der Waals surface area contributed by atoms with Crippen molar-refractivity contribution >= 4 is 75.7 Å². The maximum atomic E-state index is 12.6. The van der Waals surface area contributed by atoms with Crippen LogP contribution in [0.15, 0.2) is 103 Å². The number of ether oxygens (including phenoxy) is 3. The fraction of sp³-hybridized carbons (Fsp3) is 0.191. The van der Waals surface area contributed by atoms with E-state index in [1.807, 2.05) is 17.5 Å². The second-order valence-corrected chi connectivity index (χ2v) is 17.3. The van der Waals surface area contributed by atoms with E-state index in [0.29, 0.717) is 53.3 Å². The summed E-state index contributed by atoms with van der Waals surface area (Å²) < 4.78 is 53.0. The van der Waals surface area contributed by atoms with E-state index < -0.39 is 17.6 Å². The van der Waals surface area contributed by atoms with Gasteiger partial charge >= 0.3 is 25.7 Å². The molecule has 0 saturated heterocycles. The molecule has 0 aliphatic rings. The number of thiocarbonyl (C=S) groups is 1. The normalized spacial score (nSPS) is 10.8. The summed E-state index contributed by atoms with van der Waals surface area (Å²) in [6, 6.07) is 24.1. The molecule has 7 rings (SSSR count). The number of carbonyl (C=O) groups is 2. The molecule has 346 valence electrons. The molecule has 0 unspecified atom stereocenters. The predicted octanol–water partition coefficient (Wildman–Crippen LogP) is 13.6. The van der Waals surface area contributed by atoms with Gasteiger partial charge in [-0.2, -0.15) is 18.3 Å². The Labute approximate surface area is 414 Å². The maximum absolute atomic E-state index is 12.6. The number of halogens is 3. The fourth-order valence-electron chi connectivity index (χ4n) is 6.20. The van der Waals surface area contributed by atoms with Crippen LogP contribution in [0.3, 0.4) is 0 Å². The van der Waals surface area contributed by atoms with E-state index in [-0.39, 0.29) is 31.1 Å². The largest absolute Gasteiger partial charge is 2.00 e. The number of pyridine rings is 4. The van der Waals surface area contributed by atoms with Crippen molar-refractivity contribution in [3.8, 4) is 70.8 Å². The zero-order chi connectivity index (χ0) is 47.6. The number of carbonyl (C=O) groups excluding carboxylic acids is 2. The standard InChI is InChI=1S/C26H17N3O4S2.C20H23F3N3OS.CNS.Ru/c1-16-2-3-25(34-16)26-5-4-24(35-26)17-6-8-27-20(10-17)22-12-19(33-15-31)13-23(29-22)21-11-18(32-14-30)7-9-28-21;1-3-4-5-6-7-13-8-9-28-19(13)14-10-16(26-18(11-14)27-2)15(24)12-17(25)20(21,22)23;2-1-3;/h2-15H,1H3;8-12,24-25H,3-7H2,1-2H3;;/q;2*-1;+2/b;15-12-,25-17?;;. The van der Waals surface area contributed by atoms with Crippen LogP contribution in [-0.4, -0.2) is 57.0 Å². The van der Waals surface area contributed by atoms with Crippen molar-refractivity contribution in [2.24, 2.45) is 0 Å². The van der Waals surface area contributed by atoms with Gasteiger partial charge in [-0.1, -0.05) is 38.4 Å². The molecular formula is C47H40F3N7O5RuS4. The van der Waals surface area contributed by atoms with Crippen molar-refractivity contribution in [3.05, 3.63) is 130 Å². The molecule has 2 N–H and O–H groups in total. The van der Waals surface area contributed by atoms with Crippen LogP contribution in [0.4, 0.5) is 13.2 Å². The first kappa shape index (κ1) is 53.5. The maximum Gasteiger partial charge on any atom is 2.00 e. The molecule has 0 bridgehead atoms. The number of thiophene rings is 3. The molecule has 7 aromatic heterocycles. The number of aryl methyl sites for hydroxylation is 2. The van der Waals surface area contributed by atoms with Crippen LogP contribution in [0.2, 0.25) is 0 Å². The van der Waals surface area contributed by atoms with Crippen molar-refractivity contribution < 1.29 is 56.4 Å². The van der Waals surface area contributed by atoms with E-state index in [0.717, 1.165) is 46.6 Å². The van der Waals surface area contributed by atoms with Crippen molar-refractivity contribution in [1.82, 2.24) is 19.9 Å². The van der Waals surface area contributed by atoms with Gasteiger partial charge in [0.25, 0.3) is 12.9 Å². The summed E-state index contributed by atoms with van der Waals surface area (Å²) in [6.45, 7) is 4.95. The second-order valence-electron chi connectivity index (χ2n) is 13.8. The number of allylic oxidation sites excluding steroid dienone is 1. The summed E-state index contributed by atoms with van der Waals surface area (Å²) in [6.07, 6.45) is 4.38. The Bertz CT molecular complexity index is 2840. The number of hydrogen-bond donors (Lipinski definition) is 1. The smallest absolute Gasteiger partial charge is 0.753 e. The molecule has 0 radical (unpaired) electrons. The summed E-state index contributed by atoms with van der Waals surface area (Å²) in [5.74, 6) is 0.835. The van der Waals surface area contributed by atoms with Crippen molar-refractivity contribution in [2.75, 3.05) is 7.11 Å². The minimum Gasteiger partial charge on any atom is -0.753 e.